The zero-order valence-electron chi connectivity index (χ0n) is 10.3. The molecule has 3 aromatic carbocycles. The molecule has 0 aliphatic rings. The third-order valence-corrected chi connectivity index (χ3v) is 3.26. The Hall–Kier alpha value is -1.99. The summed E-state index contributed by atoms with van der Waals surface area (Å²) in [4.78, 5) is 0. The number of fused-ring (bicyclic) bond motifs is 1. The van der Waals surface area contributed by atoms with Crippen LogP contribution in [0.4, 0.5) is 0 Å². The van der Waals surface area contributed by atoms with E-state index in [-0.39, 0.29) is 0 Å². The molecule has 0 aliphatic heterocycles. The molecular formula is C17H13ClO. The van der Waals surface area contributed by atoms with Crippen LogP contribution in [0.2, 0.25) is 5.02 Å². The van der Waals surface area contributed by atoms with E-state index in [0.717, 1.165) is 21.5 Å². The zero-order valence-corrected chi connectivity index (χ0v) is 11.1. The highest BCUT2D eigenvalue weighted by Gasteiger charge is 1.99. The van der Waals surface area contributed by atoms with E-state index in [4.69, 9.17) is 16.3 Å². The lowest BCUT2D eigenvalue weighted by atomic mass is 10.1. The van der Waals surface area contributed by atoms with Gasteiger partial charge in [-0.15, -0.1) is 0 Å². The molecule has 0 unspecified atom stereocenters. The smallest absolute Gasteiger partial charge is 0.120 e. The van der Waals surface area contributed by atoms with Gasteiger partial charge in [0.05, 0.1) is 0 Å². The van der Waals surface area contributed by atoms with Gasteiger partial charge in [0.2, 0.25) is 0 Å². The van der Waals surface area contributed by atoms with E-state index >= 15 is 0 Å². The van der Waals surface area contributed by atoms with Crippen LogP contribution < -0.4 is 4.74 Å². The van der Waals surface area contributed by atoms with Gasteiger partial charge in [0.1, 0.15) is 12.4 Å². The average Bonchev–Trinajstić information content (AvgIpc) is 2.46. The van der Waals surface area contributed by atoms with Gasteiger partial charge in [-0.25, -0.2) is 0 Å². The molecule has 0 N–H and O–H groups in total. The molecule has 0 bridgehead atoms. The molecule has 0 aromatic heterocycles. The van der Waals surface area contributed by atoms with Crippen LogP contribution in [-0.4, -0.2) is 0 Å². The quantitative estimate of drug-likeness (QED) is 0.644. The minimum Gasteiger partial charge on any atom is -0.489 e. The highest BCUT2D eigenvalue weighted by atomic mass is 35.5. The molecule has 0 spiro atoms. The molecule has 0 radical (unpaired) electrons. The van der Waals surface area contributed by atoms with Crippen LogP contribution >= 0.6 is 11.6 Å². The van der Waals surface area contributed by atoms with Gasteiger partial charge in [0.25, 0.3) is 0 Å². The second-order valence-electron chi connectivity index (χ2n) is 4.43. The van der Waals surface area contributed by atoms with Crippen molar-refractivity contribution in [2.45, 2.75) is 6.61 Å². The second-order valence-corrected chi connectivity index (χ2v) is 4.86. The van der Waals surface area contributed by atoms with Crippen molar-refractivity contribution in [1.29, 1.82) is 0 Å². The number of benzene rings is 3. The Balaban J connectivity index is 1.80. The minimum absolute atomic E-state index is 0.583. The number of rotatable bonds is 3. The highest BCUT2D eigenvalue weighted by Crippen LogP contribution is 2.24. The Morgan fingerprint density at radius 2 is 1.53 bits per heavy atom. The first-order chi connectivity index (χ1) is 9.31. The lowest BCUT2D eigenvalue weighted by molar-refractivity contribution is 0.306. The fourth-order valence-electron chi connectivity index (χ4n) is 2.03. The van der Waals surface area contributed by atoms with Crippen LogP contribution in [0.5, 0.6) is 5.75 Å². The summed E-state index contributed by atoms with van der Waals surface area (Å²) >= 11 is 5.97. The third kappa shape index (κ3) is 2.88. The molecule has 3 aromatic rings. The van der Waals surface area contributed by atoms with E-state index in [1.807, 2.05) is 54.6 Å². The molecule has 0 saturated carbocycles. The van der Waals surface area contributed by atoms with Gasteiger partial charge < -0.3 is 4.74 Å². The Morgan fingerprint density at radius 3 is 2.37 bits per heavy atom. The molecule has 0 saturated heterocycles. The van der Waals surface area contributed by atoms with Crippen molar-refractivity contribution in [1.82, 2.24) is 0 Å². The monoisotopic (exact) mass is 268 g/mol. The largest absolute Gasteiger partial charge is 0.489 e. The Bertz CT molecular complexity index is 692. The van der Waals surface area contributed by atoms with Crippen molar-refractivity contribution in [3.05, 3.63) is 77.3 Å². The standard InChI is InChI=1S/C17H13ClO/c18-16-8-6-15-11-17(9-7-14(15)10-16)19-12-13-4-2-1-3-5-13/h1-11H,12H2. The van der Waals surface area contributed by atoms with E-state index in [9.17, 15) is 0 Å². The summed E-state index contributed by atoms with van der Waals surface area (Å²) in [6.07, 6.45) is 0. The summed E-state index contributed by atoms with van der Waals surface area (Å²) in [5, 5.41) is 3.01. The Labute approximate surface area is 117 Å². The molecule has 0 atom stereocenters. The SMILES string of the molecule is Clc1ccc2cc(OCc3ccccc3)ccc2c1. The summed E-state index contributed by atoms with van der Waals surface area (Å²) < 4.78 is 5.80. The predicted molar refractivity (Wildman–Crippen MR) is 79.7 cm³/mol. The minimum atomic E-state index is 0.583. The van der Waals surface area contributed by atoms with Crippen molar-refractivity contribution in [3.8, 4) is 5.75 Å². The molecule has 0 aliphatic carbocycles. The summed E-state index contributed by atoms with van der Waals surface area (Å²) in [6, 6.07) is 22.0. The summed E-state index contributed by atoms with van der Waals surface area (Å²) in [7, 11) is 0. The molecule has 0 fully saturated rings. The van der Waals surface area contributed by atoms with Crippen molar-refractivity contribution in [2.75, 3.05) is 0 Å². The zero-order chi connectivity index (χ0) is 13.1. The van der Waals surface area contributed by atoms with Crippen LogP contribution in [0.25, 0.3) is 10.8 Å². The number of ether oxygens (including phenoxy) is 1. The predicted octanol–water partition coefficient (Wildman–Crippen LogP) is 5.07. The highest BCUT2D eigenvalue weighted by molar-refractivity contribution is 6.31. The summed E-state index contributed by atoms with van der Waals surface area (Å²) in [5.74, 6) is 0.874. The topological polar surface area (TPSA) is 9.23 Å². The number of hydrogen-bond donors (Lipinski definition) is 0. The molecular weight excluding hydrogens is 256 g/mol. The Morgan fingerprint density at radius 1 is 0.789 bits per heavy atom. The molecule has 0 heterocycles. The van der Waals surface area contributed by atoms with Crippen molar-refractivity contribution < 1.29 is 4.74 Å². The molecule has 3 rings (SSSR count). The number of halogens is 1. The van der Waals surface area contributed by atoms with Gasteiger partial charge in [-0.3, -0.25) is 0 Å². The summed E-state index contributed by atoms with van der Waals surface area (Å²) in [6.45, 7) is 0.583. The van der Waals surface area contributed by atoms with Gasteiger partial charge in [-0.2, -0.15) is 0 Å². The van der Waals surface area contributed by atoms with E-state index in [1.54, 1.807) is 0 Å². The maximum atomic E-state index is 5.97. The van der Waals surface area contributed by atoms with E-state index in [0.29, 0.717) is 6.61 Å². The first-order valence-corrected chi connectivity index (χ1v) is 6.55. The van der Waals surface area contributed by atoms with Crippen LogP contribution in [-0.2, 0) is 6.61 Å². The number of hydrogen-bond acceptors (Lipinski definition) is 1. The van der Waals surface area contributed by atoms with Crippen molar-refractivity contribution >= 4 is 22.4 Å². The van der Waals surface area contributed by atoms with Crippen LogP contribution in [0.1, 0.15) is 5.56 Å². The molecule has 1 nitrogen and oxygen atoms in total. The first-order valence-electron chi connectivity index (χ1n) is 6.17. The third-order valence-electron chi connectivity index (χ3n) is 3.02. The molecule has 2 heteroatoms. The van der Waals surface area contributed by atoms with E-state index in [2.05, 4.69) is 12.1 Å². The van der Waals surface area contributed by atoms with Gasteiger partial charge in [0, 0.05) is 5.02 Å². The fourth-order valence-corrected chi connectivity index (χ4v) is 2.21. The normalized spacial score (nSPS) is 10.6. The van der Waals surface area contributed by atoms with Crippen molar-refractivity contribution in [2.24, 2.45) is 0 Å². The van der Waals surface area contributed by atoms with Gasteiger partial charge in [-0.05, 0) is 40.6 Å². The van der Waals surface area contributed by atoms with Gasteiger partial charge >= 0.3 is 0 Å². The maximum Gasteiger partial charge on any atom is 0.120 e. The van der Waals surface area contributed by atoms with Crippen LogP contribution in [0, 0.1) is 0 Å². The summed E-state index contributed by atoms with van der Waals surface area (Å²) in [5.41, 5.74) is 1.17. The first kappa shape index (κ1) is 12.1. The lowest BCUT2D eigenvalue weighted by Crippen LogP contribution is -1.94. The Kier molecular flexibility index (Phi) is 3.39. The van der Waals surface area contributed by atoms with Crippen molar-refractivity contribution in [3.63, 3.8) is 0 Å². The van der Waals surface area contributed by atoms with E-state index < -0.39 is 0 Å². The lowest BCUT2D eigenvalue weighted by Gasteiger charge is -2.07. The van der Waals surface area contributed by atoms with Gasteiger partial charge in [-0.1, -0.05) is 54.1 Å². The second kappa shape index (κ2) is 5.33. The molecule has 94 valence electrons. The maximum absolute atomic E-state index is 5.97. The molecule has 19 heavy (non-hydrogen) atoms. The van der Waals surface area contributed by atoms with Crippen LogP contribution in [0.3, 0.4) is 0 Å². The van der Waals surface area contributed by atoms with E-state index in [1.165, 1.54) is 5.56 Å². The van der Waals surface area contributed by atoms with Gasteiger partial charge in [0.15, 0.2) is 0 Å². The van der Waals surface area contributed by atoms with Crippen LogP contribution in [0.15, 0.2) is 66.7 Å². The molecule has 0 amide bonds. The average molecular weight is 269 g/mol. The fraction of sp³-hybridized carbons (Fsp3) is 0.0588.